The fourth-order valence-corrected chi connectivity index (χ4v) is 3.07. The van der Waals surface area contributed by atoms with Crippen molar-refractivity contribution in [2.24, 2.45) is 17.8 Å². The molecule has 2 aliphatic rings. The summed E-state index contributed by atoms with van der Waals surface area (Å²) in [5.74, 6) is 1.61. The second-order valence-corrected chi connectivity index (χ2v) is 6.95. The molecule has 0 aromatic carbocycles. The van der Waals surface area contributed by atoms with Crippen LogP contribution in [-0.4, -0.2) is 50.2 Å². The van der Waals surface area contributed by atoms with Gasteiger partial charge >= 0.3 is 5.97 Å². The minimum Gasteiger partial charge on any atom is -0.469 e. The molecular formula is C16H30N2O2. The lowest BCUT2D eigenvalue weighted by Crippen LogP contribution is -2.51. The molecule has 1 saturated heterocycles. The third-order valence-electron chi connectivity index (χ3n) is 4.43. The summed E-state index contributed by atoms with van der Waals surface area (Å²) < 4.78 is 4.96. The number of carbonyl (C=O) groups is 1. The quantitative estimate of drug-likeness (QED) is 0.724. The Morgan fingerprint density at radius 2 is 2.10 bits per heavy atom. The number of hydrogen-bond donors (Lipinski definition) is 1. The third-order valence-corrected chi connectivity index (χ3v) is 4.43. The highest BCUT2D eigenvalue weighted by molar-refractivity contribution is 5.72. The number of hydrogen-bond acceptors (Lipinski definition) is 4. The molecule has 0 amide bonds. The molecule has 1 N–H and O–H groups in total. The van der Waals surface area contributed by atoms with E-state index in [2.05, 4.69) is 24.1 Å². The van der Waals surface area contributed by atoms with Gasteiger partial charge in [0.25, 0.3) is 0 Å². The van der Waals surface area contributed by atoms with Gasteiger partial charge in [-0.3, -0.25) is 4.79 Å². The van der Waals surface area contributed by atoms with E-state index in [0.29, 0.717) is 6.04 Å². The minimum atomic E-state index is -0.0406. The van der Waals surface area contributed by atoms with Gasteiger partial charge in [0.2, 0.25) is 0 Å². The Labute approximate surface area is 123 Å². The van der Waals surface area contributed by atoms with Crippen LogP contribution in [0, 0.1) is 17.8 Å². The van der Waals surface area contributed by atoms with Gasteiger partial charge in [-0.1, -0.05) is 13.8 Å². The lowest BCUT2D eigenvalue weighted by Gasteiger charge is -2.37. The summed E-state index contributed by atoms with van der Waals surface area (Å²) in [4.78, 5) is 14.3. The number of nitrogens with zero attached hydrogens (tertiary/aromatic N) is 1. The van der Waals surface area contributed by atoms with Gasteiger partial charge in [0.1, 0.15) is 0 Å². The zero-order chi connectivity index (χ0) is 14.5. The molecule has 0 aromatic rings. The molecule has 4 heteroatoms. The first-order chi connectivity index (χ1) is 9.58. The Bertz CT molecular complexity index is 316. The number of rotatable bonds is 7. The minimum absolute atomic E-state index is 0.0406. The number of methoxy groups -OCH3 is 1. The Hall–Kier alpha value is -0.610. The highest BCUT2D eigenvalue weighted by Gasteiger charge is 2.34. The summed E-state index contributed by atoms with van der Waals surface area (Å²) in [5, 5.41) is 3.64. The molecule has 2 atom stereocenters. The zero-order valence-electron chi connectivity index (χ0n) is 13.2. The van der Waals surface area contributed by atoms with Crippen molar-refractivity contribution in [3.05, 3.63) is 0 Å². The molecule has 2 fully saturated rings. The predicted octanol–water partition coefficient (Wildman–Crippen LogP) is 1.90. The SMILES string of the molecule is COC(=O)C1CC(NCCC(C)C)CN(CC2CC2)C1. The largest absolute Gasteiger partial charge is 0.469 e. The maximum atomic E-state index is 11.9. The van der Waals surface area contributed by atoms with E-state index in [1.807, 2.05) is 0 Å². The molecule has 1 aliphatic heterocycles. The molecular weight excluding hydrogens is 252 g/mol. The molecule has 0 radical (unpaired) electrons. The fourth-order valence-electron chi connectivity index (χ4n) is 3.07. The van der Waals surface area contributed by atoms with Crippen LogP contribution in [0.15, 0.2) is 0 Å². The van der Waals surface area contributed by atoms with Gasteiger partial charge in [-0.05, 0) is 44.1 Å². The average molecular weight is 282 g/mol. The van der Waals surface area contributed by atoms with Gasteiger partial charge in [-0.2, -0.15) is 0 Å². The Morgan fingerprint density at radius 3 is 2.70 bits per heavy atom. The monoisotopic (exact) mass is 282 g/mol. The van der Waals surface area contributed by atoms with Crippen LogP contribution >= 0.6 is 0 Å². The third kappa shape index (κ3) is 5.06. The number of piperidine rings is 1. The van der Waals surface area contributed by atoms with E-state index in [0.717, 1.165) is 44.4 Å². The molecule has 0 aromatic heterocycles. The Morgan fingerprint density at radius 1 is 1.35 bits per heavy atom. The van der Waals surface area contributed by atoms with Gasteiger partial charge in [0.05, 0.1) is 13.0 Å². The average Bonchev–Trinajstić information content (AvgIpc) is 3.21. The number of carbonyl (C=O) groups excluding carboxylic acids is 1. The summed E-state index contributed by atoms with van der Waals surface area (Å²) in [6, 6.07) is 0.436. The molecule has 2 rings (SSSR count). The van der Waals surface area contributed by atoms with Gasteiger partial charge in [-0.25, -0.2) is 0 Å². The molecule has 4 nitrogen and oxygen atoms in total. The van der Waals surface area contributed by atoms with Crippen LogP contribution in [0.3, 0.4) is 0 Å². The van der Waals surface area contributed by atoms with Crippen molar-refractivity contribution < 1.29 is 9.53 Å². The van der Waals surface area contributed by atoms with Crippen LogP contribution in [0.2, 0.25) is 0 Å². The van der Waals surface area contributed by atoms with E-state index in [-0.39, 0.29) is 11.9 Å². The number of nitrogens with one attached hydrogen (secondary N) is 1. The molecule has 1 aliphatic carbocycles. The summed E-state index contributed by atoms with van der Waals surface area (Å²) in [5.41, 5.74) is 0. The van der Waals surface area contributed by atoms with Crippen LogP contribution < -0.4 is 5.32 Å². The first-order valence-corrected chi connectivity index (χ1v) is 8.12. The normalized spacial score (nSPS) is 27.8. The van der Waals surface area contributed by atoms with Crippen LogP contribution in [-0.2, 0) is 9.53 Å². The molecule has 0 bridgehead atoms. The second kappa shape index (κ2) is 7.41. The maximum Gasteiger partial charge on any atom is 0.310 e. The van der Waals surface area contributed by atoms with Crippen molar-refractivity contribution in [1.82, 2.24) is 10.2 Å². The highest BCUT2D eigenvalue weighted by Crippen LogP contribution is 2.31. The summed E-state index contributed by atoms with van der Waals surface area (Å²) >= 11 is 0. The Balaban J connectivity index is 1.83. The van der Waals surface area contributed by atoms with Crippen molar-refractivity contribution >= 4 is 5.97 Å². The van der Waals surface area contributed by atoms with E-state index in [9.17, 15) is 4.79 Å². The van der Waals surface area contributed by atoms with Crippen LogP contribution in [0.5, 0.6) is 0 Å². The van der Waals surface area contributed by atoms with Crippen molar-refractivity contribution in [3.63, 3.8) is 0 Å². The van der Waals surface area contributed by atoms with Crippen molar-refractivity contribution in [3.8, 4) is 0 Å². The smallest absolute Gasteiger partial charge is 0.310 e. The van der Waals surface area contributed by atoms with Gasteiger partial charge < -0.3 is 15.0 Å². The number of likely N-dealkylation sites (tertiary alicyclic amines) is 1. The van der Waals surface area contributed by atoms with Gasteiger partial charge in [0.15, 0.2) is 0 Å². The van der Waals surface area contributed by atoms with Gasteiger partial charge in [0, 0.05) is 25.7 Å². The molecule has 1 heterocycles. The van der Waals surface area contributed by atoms with E-state index in [1.165, 1.54) is 26.4 Å². The number of esters is 1. The predicted molar refractivity (Wildman–Crippen MR) is 80.5 cm³/mol. The van der Waals surface area contributed by atoms with E-state index in [4.69, 9.17) is 4.74 Å². The molecule has 116 valence electrons. The number of ether oxygens (including phenoxy) is 1. The molecule has 2 unspecified atom stereocenters. The summed E-state index contributed by atoms with van der Waals surface area (Å²) in [6.07, 6.45) is 4.85. The summed E-state index contributed by atoms with van der Waals surface area (Å²) in [6.45, 7) is 8.68. The highest BCUT2D eigenvalue weighted by atomic mass is 16.5. The maximum absolute atomic E-state index is 11.9. The van der Waals surface area contributed by atoms with E-state index < -0.39 is 0 Å². The molecule has 20 heavy (non-hydrogen) atoms. The zero-order valence-corrected chi connectivity index (χ0v) is 13.2. The Kier molecular flexibility index (Phi) is 5.85. The van der Waals surface area contributed by atoms with Crippen molar-refractivity contribution in [2.75, 3.05) is 33.3 Å². The molecule has 1 saturated carbocycles. The molecule has 0 spiro atoms. The summed E-state index contributed by atoms with van der Waals surface area (Å²) in [7, 11) is 1.50. The lowest BCUT2D eigenvalue weighted by atomic mass is 9.93. The van der Waals surface area contributed by atoms with Crippen molar-refractivity contribution in [2.45, 2.75) is 45.6 Å². The first kappa shape index (κ1) is 15.8. The first-order valence-electron chi connectivity index (χ1n) is 8.12. The van der Waals surface area contributed by atoms with E-state index in [1.54, 1.807) is 0 Å². The lowest BCUT2D eigenvalue weighted by molar-refractivity contribution is -0.147. The standard InChI is InChI=1S/C16H30N2O2/c1-12(2)6-7-17-15-8-14(16(19)20-3)10-18(11-15)9-13-4-5-13/h12-15,17H,4-11H2,1-3H3. The van der Waals surface area contributed by atoms with E-state index >= 15 is 0 Å². The van der Waals surface area contributed by atoms with Gasteiger partial charge in [-0.15, -0.1) is 0 Å². The van der Waals surface area contributed by atoms with Crippen LogP contribution in [0.25, 0.3) is 0 Å². The fraction of sp³-hybridized carbons (Fsp3) is 0.938. The second-order valence-electron chi connectivity index (χ2n) is 6.95. The van der Waals surface area contributed by atoms with Crippen LogP contribution in [0.4, 0.5) is 0 Å². The topological polar surface area (TPSA) is 41.6 Å². The van der Waals surface area contributed by atoms with Crippen LogP contribution in [0.1, 0.15) is 39.5 Å². The van der Waals surface area contributed by atoms with Crippen molar-refractivity contribution in [1.29, 1.82) is 0 Å².